The molecule has 0 saturated carbocycles. The van der Waals surface area contributed by atoms with E-state index in [0.717, 1.165) is 40.9 Å². The third kappa shape index (κ3) is 1.75. The predicted octanol–water partition coefficient (Wildman–Crippen LogP) is 2.96. The molecule has 2 heterocycles. The number of carboxylic acid groups (broad SMARTS) is 1. The van der Waals surface area contributed by atoms with Gasteiger partial charge in [0.05, 0.1) is 5.69 Å². The topological polar surface area (TPSA) is 55.1 Å². The third-order valence-electron chi connectivity index (χ3n) is 3.15. The van der Waals surface area contributed by atoms with Crippen molar-refractivity contribution in [3.05, 3.63) is 40.1 Å². The molecule has 3 rings (SSSR count). The zero-order chi connectivity index (χ0) is 12.7. The predicted molar refractivity (Wildman–Crippen MR) is 70.6 cm³/mol. The van der Waals surface area contributed by atoms with Crippen LogP contribution in [0.25, 0.3) is 11.4 Å². The molecule has 0 amide bonds. The molecule has 1 aliphatic heterocycles. The van der Waals surface area contributed by atoms with Crippen molar-refractivity contribution in [1.29, 1.82) is 0 Å². The minimum atomic E-state index is -0.943. The number of hydrogen-bond acceptors (Lipinski definition) is 2. The molecule has 1 aliphatic rings. The van der Waals surface area contributed by atoms with E-state index in [9.17, 15) is 9.90 Å². The molecule has 0 aliphatic carbocycles. The van der Waals surface area contributed by atoms with Gasteiger partial charge < -0.3 is 9.67 Å². The van der Waals surface area contributed by atoms with Crippen molar-refractivity contribution < 1.29 is 9.90 Å². The molecular weight excluding hydrogens is 296 g/mol. The van der Waals surface area contributed by atoms with Crippen molar-refractivity contribution in [3.8, 4) is 11.4 Å². The summed E-state index contributed by atoms with van der Waals surface area (Å²) < 4.78 is 2.98. The average molecular weight is 307 g/mol. The molecule has 0 saturated heterocycles. The molecule has 0 radical (unpaired) electrons. The summed E-state index contributed by atoms with van der Waals surface area (Å²) in [6, 6.07) is 7.77. The molecule has 0 fully saturated rings. The van der Waals surface area contributed by atoms with E-state index >= 15 is 0 Å². The molecule has 0 bridgehead atoms. The highest BCUT2D eigenvalue weighted by Crippen LogP contribution is 2.29. The van der Waals surface area contributed by atoms with Crippen LogP contribution in [-0.2, 0) is 13.0 Å². The molecule has 1 aromatic carbocycles. The maximum atomic E-state index is 11.2. The van der Waals surface area contributed by atoms with Crippen molar-refractivity contribution in [2.75, 3.05) is 0 Å². The molecule has 0 spiro atoms. The highest BCUT2D eigenvalue weighted by Gasteiger charge is 2.25. The lowest BCUT2D eigenvalue weighted by molar-refractivity contribution is 0.0690. The summed E-state index contributed by atoms with van der Waals surface area (Å²) in [5.41, 5.74) is 1.99. The summed E-state index contributed by atoms with van der Waals surface area (Å²) in [5.74, 6) is -0.192. The number of carbonyl (C=O) groups is 1. The van der Waals surface area contributed by atoms with Crippen molar-refractivity contribution in [2.45, 2.75) is 19.4 Å². The van der Waals surface area contributed by atoms with Crippen LogP contribution in [-0.4, -0.2) is 20.6 Å². The smallest absolute Gasteiger partial charge is 0.356 e. The fraction of sp³-hybridized carbons (Fsp3) is 0.231. The SMILES string of the molecule is O=C(O)c1nc(-c2cccc(Br)c2)n2c1CCC2. The van der Waals surface area contributed by atoms with Crippen LogP contribution in [0.1, 0.15) is 22.6 Å². The Labute approximate surface area is 112 Å². The summed E-state index contributed by atoms with van der Waals surface area (Å²) in [4.78, 5) is 15.5. The number of aromatic carboxylic acids is 1. The molecule has 0 unspecified atom stereocenters. The highest BCUT2D eigenvalue weighted by atomic mass is 79.9. The number of rotatable bonds is 2. The summed E-state index contributed by atoms with van der Waals surface area (Å²) >= 11 is 3.42. The van der Waals surface area contributed by atoms with Gasteiger partial charge in [0.15, 0.2) is 5.69 Å². The average Bonchev–Trinajstić information content (AvgIpc) is 2.88. The highest BCUT2D eigenvalue weighted by molar-refractivity contribution is 9.10. The zero-order valence-electron chi connectivity index (χ0n) is 9.56. The van der Waals surface area contributed by atoms with Crippen LogP contribution >= 0.6 is 15.9 Å². The van der Waals surface area contributed by atoms with Gasteiger partial charge >= 0.3 is 5.97 Å². The summed E-state index contributed by atoms with van der Waals surface area (Å²) in [5, 5.41) is 9.18. The number of carboxylic acids is 1. The van der Waals surface area contributed by atoms with Crippen LogP contribution in [0.3, 0.4) is 0 Å². The van der Waals surface area contributed by atoms with E-state index < -0.39 is 5.97 Å². The van der Waals surface area contributed by atoms with Crippen LogP contribution in [0.4, 0.5) is 0 Å². The Morgan fingerprint density at radius 3 is 3.00 bits per heavy atom. The summed E-state index contributed by atoms with van der Waals surface area (Å²) in [6.45, 7) is 0.845. The van der Waals surface area contributed by atoms with Gasteiger partial charge in [-0.1, -0.05) is 28.1 Å². The molecule has 2 aromatic rings. The minimum absolute atomic E-state index is 0.197. The number of halogens is 1. The molecule has 0 atom stereocenters. The zero-order valence-corrected chi connectivity index (χ0v) is 11.1. The second-order valence-corrected chi connectivity index (χ2v) is 5.22. The van der Waals surface area contributed by atoms with Crippen LogP contribution in [0.2, 0.25) is 0 Å². The van der Waals surface area contributed by atoms with E-state index in [1.54, 1.807) is 0 Å². The van der Waals surface area contributed by atoms with E-state index in [4.69, 9.17) is 0 Å². The quantitative estimate of drug-likeness (QED) is 0.928. The van der Waals surface area contributed by atoms with Crippen LogP contribution in [0.5, 0.6) is 0 Å². The van der Waals surface area contributed by atoms with Gasteiger partial charge in [0.1, 0.15) is 5.82 Å². The largest absolute Gasteiger partial charge is 0.476 e. The number of imidazole rings is 1. The molecule has 18 heavy (non-hydrogen) atoms. The normalized spacial score (nSPS) is 13.6. The molecule has 1 aromatic heterocycles. The molecule has 1 N–H and O–H groups in total. The van der Waals surface area contributed by atoms with Gasteiger partial charge in [0, 0.05) is 16.6 Å². The van der Waals surface area contributed by atoms with Gasteiger partial charge in [-0.05, 0) is 25.0 Å². The Balaban J connectivity index is 2.19. The lowest BCUT2D eigenvalue weighted by Gasteiger charge is -2.04. The van der Waals surface area contributed by atoms with Crippen molar-refractivity contribution in [1.82, 2.24) is 9.55 Å². The number of hydrogen-bond donors (Lipinski definition) is 1. The molecular formula is C13H11BrN2O2. The fourth-order valence-corrected chi connectivity index (χ4v) is 2.80. The maximum Gasteiger partial charge on any atom is 0.356 e. The van der Waals surface area contributed by atoms with Gasteiger partial charge in [-0.2, -0.15) is 0 Å². The van der Waals surface area contributed by atoms with Crippen molar-refractivity contribution in [2.24, 2.45) is 0 Å². The lowest BCUT2D eigenvalue weighted by Crippen LogP contribution is -2.00. The van der Waals surface area contributed by atoms with Gasteiger partial charge in [0.2, 0.25) is 0 Å². The molecule has 92 valence electrons. The maximum absolute atomic E-state index is 11.2. The first-order valence-corrected chi connectivity index (χ1v) is 6.55. The first-order chi connectivity index (χ1) is 8.66. The third-order valence-corrected chi connectivity index (χ3v) is 3.65. The minimum Gasteiger partial charge on any atom is -0.476 e. The second kappa shape index (κ2) is 4.24. The van der Waals surface area contributed by atoms with Gasteiger partial charge in [-0.15, -0.1) is 0 Å². The van der Waals surface area contributed by atoms with Crippen LogP contribution in [0.15, 0.2) is 28.7 Å². The van der Waals surface area contributed by atoms with E-state index in [1.807, 2.05) is 28.8 Å². The van der Waals surface area contributed by atoms with E-state index in [1.165, 1.54) is 0 Å². The van der Waals surface area contributed by atoms with Gasteiger partial charge in [0.25, 0.3) is 0 Å². The first-order valence-electron chi connectivity index (χ1n) is 5.75. The lowest BCUT2D eigenvalue weighted by atomic mass is 10.2. The van der Waals surface area contributed by atoms with Crippen LogP contribution in [0, 0.1) is 0 Å². The van der Waals surface area contributed by atoms with E-state index in [2.05, 4.69) is 20.9 Å². The molecule has 5 heteroatoms. The second-order valence-electron chi connectivity index (χ2n) is 4.30. The van der Waals surface area contributed by atoms with Gasteiger partial charge in [-0.25, -0.2) is 9.78 Å². The number of fused-ring (bicyclic) bond motifs is 1. The van der Waals surface area contributed by atoms with Crippen LogP contribution < -0.4 is 0 Å². The Morgan fingerprint density at radius 2 is 2.28 bits per heavy atom. The Bertz CT molecular complexity index is 634. The number of benzene rings is 1. The first kappa shape index (κ1) is 11.5. The Morgan fingerprint density at radius 1 is 1.44 bits per heavy atom. The summed E-state index contributed by atoms with van der Waals surface area (Å²) in [7, 11) is 0. The monoisotopic (exact) mass is 306 g/mol. The standard InChI is InChI=1S/C13H11BrN2O2/c14-9-4-1-3-8(7-9)12-15-11(13(17)18)10-5-2-6-16(10)12/h1,3-4,7H,2,5-6H2,(H,17,18). The van der Waals surface area contributed by atoms with E-state index in [0.29, 0.717) is 0 Å². The fourth-order valence-electron chi connectivity index (χ4n) is 2.40. The van der Waals surface area contributed by atoms with E-state index in [-0.39, 0.29) is 5.69 Å². The number of aromatic nitrogens is 2. The summed E-state index contributed by atoms with van der Waals surface area (Å²) in [6.07, 6.45) is 1.78. The van der Waals surface area contributed by atoms with Gasteiger partial charge in [-0.3, -0.25) is 0 Å². The van der Waals surface area contributed by atoms with Crippen molar-refractivity contribution in [3.63, 3.8) is 0 Å². The number of nitrogens with zero attached hydrogens (tertiary/aromatic N) is 2. The Kier molecular flexibility index (Phi) is 2.70. The van der Waals surface area contributed by atoms with Crippen molar-refractivity contribution >= 4 is 21.9 Å². The Hall–Kier alpha value is -1.62. The molecule has 4 nitrogen and oxygen atoms in total.